The number of methoxy groups -OCH3 is 1. The van der Waals surface area contributed by atoms with E-state index in [1.54, 1.807) is 52.9 Å². The predicted molar refractivity (Wildman–Crippen MR) is 137 cm³/mol. The van der Waals surface area contributed by atoms with Crippen molar-refractivity contribution in [2.75, 3.05) is 12.4 Å². The predicted octanol–water partition coefficient (Wildman–Crippen LogP) is 4.98. The van der Waals surface area contributed by atoms with Gasteiger partial charge >= 0.3 is 5.69 Å². The highest BCUT2D eigenvalue weighted by Gasteiger charge is 2.16. The summed E-state index contributed by atoms with van der Waals surface area (Å²) < 4.78 is 8.48. The number of hydrogen-bond acceptors (Lipinski definition) is 4. The molecular formula is C28H22N4O3. The van der Waals surface area contributed by atoms with Crippen LogP contribution in [-0.4, -0.2) is 27.1 Å². The van der Waals surface area contributed by atoms with Crippen molar-refractivity contribution in [3.8, 4) is 28.3 Å². The molecule has 0 aliphatic rings. The van der Waals surface area contributed by atoms with Gasteiger partial charge in [0, 0.05) is 11.9 Å². The van der Waals surface area contributed by atoms with E-state index < -0.39 is 0 Å². The van der Waals surface area contributed by atoms with E-state index in [4.69, 9.17) is 4.74 Å². The largest absolute Gasteiger partial charge is 0.497 e. The molecule has 172 valence electrons. The number of hydrogen-bond donors (Lipinski definition) is 1. The lowest BCUT2D eigenvalue weighted by Gasteiger charge is -2.08. The lowest BCUT2D eigenvalue weighted by Crippen LogP contribution is -2.22. The van der Waals surface area contributed by atoms with E-state index in [1.165, 1.54) is 6.08 Å². The third-order valence-corrected chi connectivity index (χ3v) is 5.75. The summed E-state index contributed by atoms with van der Waals surface area (Å²) in [4.78, 5) is 29.7. The average molecular weight is 463 g/mol. The molecular weight excluding hydrogens is 440 g/mol. The summed E-state index contributed by atoms with van der Waals surface area (Å²) in [5.74, 6) is 0.475. The highest BCUT2D eigenvalue weighted by atomic mass is 16.5. The van der Waals surface area contributed by atoms with Crippen LogP contribution in [0.2, 0.25) is 0 Å². The van der Waals surface area contributed by atoms with Crippen LogP contribution in [0.3, 0.4) is 0 Å². The summed E-state index contributed by atoms with van der Waals surface area (Å²) >= 11 is 0. The molecule has 0 radical (unpaired) electrons. The zero-order valence-corrected chi connectivity index (χ0v) is 19.0. The van der Waals surface area contributed by atoms with Crippen LogP contribution in [0.5, 0.6) is 5.75 Å². The van der Waals surface area contributed by atoms with Crippen LogP contribution in [-0.2, 0) is 4.79 Å². The topological polar surface area (TPSA) is 78.2 Å². The number of carbonyl (C=O) groups is 1. The summed E-state index contributed by atoms with van der Waals surface area (Å²) in [6, 6.07) is 24.5. The van der Waals surface area contributed by atoms with Gasteiger partial charge in [0.2, 0.25) is 5.91 Å². The van der Waals surface area contributed by atoms with Crippen LogP contribution in [0, 0.1) is 0 Å². The van der Waals surface area contributed by atoms with Crippen LogP contribution in [0.4, 0.5) is 5.69 Å². The van der Waals surface area contributed by atoms with Crippen LogP contribution in [0.25, 0.3) is 33.5 Å². The van der Waals surface area contributed by atoms with Crippen molar-refractivity contribution in [1.29, 1.82) is 0 Å². The maximum atomic E-state index is 13.7. The van der Waals surface area contributed by atoms with Gasteiger partial charge in [-0.25, -0.2) is 4.79 Å². The van der Waals surface area contributed by atoms with E-state index in [-0.39, 0.29) is 11.6 Å². The molecule has 2 heterocycles. The standard InChI is InChI=1S/C28H22N4O3/c1-3-27(33)30-21-5-4-6-23(17-21)32-25-15-16-29-18-26(25)31(28(32)34)22-11-7-19(8-12-22)20-9-13-24(35-2)14-10-20/h3-18H,1H2,2H3,(H,30,33). The van der Waals surface area contributed by atoms with E-state index in [0.717, 1.165) is 22.6 Å². The Morgan fingerprint density at radius 2 is 1.60 bits per heavy atom. The average Bonchev–Trinajstić information content (AvgIpc) is 3.20. The van der Waals surface area contributed by atoms with E-state index in [0.29, 0.717) is 22.4 Å². The molecule has 1 N–H and O–H groups in total. The van der Waals surface area contributed by atoms with E-state index in [9.17, 15) is 9.59 Å². The number of imidazole rings is 1. The SMILES string of the molecule is C=CC(=O)Nc1cccc(-n2c(=O)n(-c3ccc(-c4ccc(OC)cc4)cc3)c3cnccc32)c1. The van der Waals surface area contributed by atoms with Gasteiger partial charge in [-0.2, -0.15) is 0 Å². The fourth-order valence-electron chi connectivity index (χ4n) is 4.05. The molecule has 0 aliphatic carbocycles. The number of pyridine rings is 1. The normalized spacial score (nSPS) is 10.8. The zero-order valence-electron chi connectivity index (χ0n) is 19.0. The van der Waals surface area contributed by atoms with Gasteiger partial charge in [0.1, 0.15) is 5.75 Å². The van der Waals surface area contributed by atoms with E-state index in [2.05, 4.69) is 16.9 Å². The number of benzene rings is 3. The smallest absolute Gasteiger partial charge is 0.338 e. The monoisotopic (exact) mass is 462 g/mol. The Labute approximate surface area is 201 Å². The number of rotatable bonds is 6. The number of anilines is 1. The summed E-state index contributed by atoms with van der Waals surface area (Å²) in [6.07, 6.45) is 4.53. The van der Waals surface area contributed by atoms with Crippen molar-refractivity contribution in [3.05, 3.63) is 114 Å². The second-order valence-electron chi connectivity index (χ2n) is 7.84. The summed E-state index contributed by atoms with van der Waals surface area (Å²) in [5, 5.41) is 2.74. The van der Waals surface area contributed by atoms with Gasteiger partial charge < -0.3 is 10.1 Å². The van der Waals surface area contributed by atoms with Crippen LogP contribution in [0.1, 0.15) is 0 Å². The van der Waals surface area contributed by atoms with Gasteiger partial charge in [0.05, 0.1) is 35.7 Å². The first-order chi connectivity index (χ1) is 17.1. The highest BCUT2D eigenvalue weighted by Crippen LogP contribution is 2.26. The van der Waals surface area contributed by atoms with Crippen LogP contribution >= 0.6 is 0 Å². The third-order valence-electron chi connectivity index (χ3n) is 5.75. The third kappa shape index (κ3) is 4.11. The minimum absolute atomic E-state index is 0.239. The Hall–Kier alpha value is -4.91. The quantitative estimate of drug-likeness (QED) is 0.361. The molecule has 0 bridgehead atoms. The second kappa shape index (κ2) is 9.15. The molecule has 0 saturated heterocycles. The minimum atomic E-state index is -0.321. The Balaban J connectivity index is 1.59. The molecule has 2 aromatic heterocycles. The van der Waals surface area contributed by atoms with Crippen molar-refractivity contribution < 1.29 is 9.53 Å². The number of carbonyl (C=O) groups excluding carboxylic acids is 1. The van der Waals surface area contributed by atoms with Crippen LogP contribution in [0.15, 0.2) is 109 Å². The second-order valence-corrected chi connectivity index (χ2v) is 7.84. The summed E-state index contributed by atoms with van der Waals surface area (Å²) in [5.41, 5.74) is 5.13. The molecule has 5 aromatic rings. The number of fused-ring (bicyclic) bond motifs is 1. The minimum Gasteiger partial charge on any atom is -0.497 e. The van der Waals surface area contributed by atoms with Gasteiger partial charge in [-0.3, -0.25) is 18.9 Å². The Bertz CT molecular complexity index is 1600. The number of nitrogens with zero attached hydrogens (tertiary/aromatic N) is 3. The summed E-state index contributed by atoms with van der Waals surface area (Å²) in [6.45, 7) is 3.48. The molecule has 7 nitrogen and oxygen atoms in total. The Morgan fingerprint density at radius 3 is 2.29 bits per heavy atom. The number of aromatic nitrogens is 3. The number of ether oxygens (including phenoxy) is 1. The first-order valence-electron chi connectivity index (χ1n) is 11.0. The van der Waals surface area contributed by atoms with E-state index >= 15 is 0 Å². The van der Waals surface area contributed by atoms with Gasteiger partial charge in [-0.15, -0.1) is 0 Å². The molecule has 0 fully saturated rings. The molecule has 3 aromatic carbocycles. The molecule has 0 aliphatic heterocycles. The Morgan fingerprint density at radius 1 is 0.914 bits per heavy atom. The first kappa shape index (κ1) is 21.9. The van der Waals surface area contributed by atoms with Crippen molar-refractivity contribution in [2.45, 2.75) is 0 Å². The lowest BCUT2D eigenvalue weighted by molar-refractivity contribution is -0.111. The Kier molecular flexibility index (Phi) is 5.73. The van der Waals surface area contributed by atoms with E-state index in [1.807, 2.05) is 54.6 Å². The van der Waals surface area contributed by atoms with Crippen molar-refractivity contribution >= 4 is 22.6 Å². The van der Waals surface area contributed by atoms with Crippen molar-refractivity contribution in [3.63, 3.8) is 0 Å². The molecule has 0 saturated carbocycles. The fraction of sp³-hybridized carbons (Fsp3) is 0.0357. The molecule has 7 heteroatoms. The molecule has 0 spiro atoms. The molecule has 5 rings (SSSR count). The fourth-order valence-corrected chi connectivity index (χ4v) is 4.05. The first-order valence-corrected chi connectivity index (χ1v) is 11.0. The van der Waals surface area contributed by atoms with Crippen molar-refractivity contribution in [2.24, 2.45) is 0 Å². The van der Waals surface area contributed by atoms with Gasteiger partial charge in [0.15, 0.2) is 0 Å². The van der Waals surface area contributed by atoms with Gasteiger partial charge in [-0.05, 0) is 65.7 Å². The van der Waals surface area contributed by atoms with Crippen molar-refractivity contribution in [1.82, 2.24) is 14.1 Å². The molecule has 1 amide bonds. The maximum Gasteiger partial charge on any atom is 0.338 e. The number of amides is 1. The molecule has 35 heavy (non-hydrogen) atoms. The van der Waals surface area contributed by atoms with Gasteiger partial charge in [0.25, 0.3) is 0 Å². The maximum absolute atomic E-state index is 13.7. The highest BCUT2D eigenvalue weighted by molar-refractivity contribution is 5.99. The summed E-state index contributed by atoms with van der Waals surface area (Å²) in [7, 11) is 1.64. The lowest BCUT2D eigenvalue weighted by atomic mass is 10.1. The van der Waals surface area contributed by atoms with Crippen LogP contribution < -0.4 is 15.7 Å². The van der Waals surface area contributed by atoms with Gasteiger partial charge in [-0.1, -0.05) is 36.9 Å². The zero-order chi connectivity index (χ0) is 24.4. The molecule has 0 atom stereocenters. The number of nitrogens with one attached hydrogen (secondary N) is 1. The molecule has 0 unspecified atom stereocenters.